The molecule has 0 aliphatic carbocycles. The van der Waals surface area contributed by atoms with Gasteiger partial charge in [0.1, 0.15) is 12.6 Å². The van der Waals surface area contributed by atoms with Crippen molar-refractivity contribution in [1.82, 2.24) is 20.1 Å². The minimum Gasteiger partial charge on any atom is -0.391 e. The third-order valence-corrected chi connectivity index (χ3v) is 4.62. The summed E-state index contributed by atoms with van der Waals surface area (Å²) in [6, 6.07) is 11.0. The first kappa shape index (κ1) is 21.9. The number of carbonyl (C=O) groups excluding carboxylic acids is 2. The zero-order valence-corrected chi connectivity index (χ0v) is 17.1. The second-order valence-electron chi connectivity index (χ2n) is 6.92. The Bertz CT molecular complexity index is 1120. The lowest BCUT2D eigenvalue weighted by molar-refractivity contribution is -0.125. The van der Waals surface area contributed by atoms with E-state index in [1.165, 1.54) is 6.92 Å². The van der Waals surface area contributed by atoms with Gasteiger partial charge in [-0.15, -0.1) is 0 Å². The summed E-state index contributed by atoms with van der Waals surface area (Å²) in [5.41, 5.74) is 3.47. The summed E-state index contributed by atoms with van der Waals surface area (Å²) in [4.78, 5) is 28.4. The van der Waals surface area contributed by atoms with Gasteiger partial charge in [-0.25, -0.2) is 0 Å². The first-order chi connectivity index (χ1) is 14.9. The van der Waals surface area contributed by atoms with Crippen LogP contribution in [0.1, 0.15) is 28.4 Å². The van der Waals surface area contributed by atoms with Crippen LogP contribution in [0.3, 0.4) is 0 Å². The lowest BCUT2D eigenvalue weighted by Gasteiger charge is -2.19. The molecule has 1 amide bonds. The van der Waals surface area contributed by atoms with Gasteiger partial charge in [0.15, 0.2) is 5.78 Å². The Morgan fingerprint density at radius 2 is 1.77 bits per heavy atom. The van der Waals surface area contributed by atoms with E-state index in [0.29, 0.717) is 11.1 Å². The molecule has 3 rings (SSSR count). The Kier molecular flexibility index (Phi) is 6.92. The topological polar surface area (TPSA) is 117 Å². The maximum absolute atomic E-state index is 12.3. The number of aliphatic hydroxyl groups is 2. The fraction of sp³-hybridized carbons (Fsp3) is 0.217. The number of rotatable bonds is 6. The highest BCUT2D eigenvalue weighted by atomic mass is 16.3. The maximum Gasteiger partial charge on any atom is 0.251 e. The molecule has 2 heterocycles. The van der Waals surface area contributed by atoms with Crippen molar-refractivity contribution in [3.63, 3.8) is 0 Å². The zero-order chi connectivity index (χ0) is 22.4. The Morgan fingerprint density at radius 1 is 1.10 bits per heavy atom. The third-order valence-electron chi connectivity index (χ3n) is 4.62. The minimum atomic E-state index is -1.17. The molecule has 8 nitrogen and oxygen atoms in total. The van der Waals surface area contributed by atoms with Crippen molar-refractivity contribution in [3.05, 3.63) is 71.5 Å². The van der Waals surface area contributed by atoms with Gasteiger partial charge >= 0.3 is 0 Å². The molecule has 0 bridgehead atoms. The second-order valence-corrected chi connectivity index (χ2v) is 6.92. The largest absolute Gasteiger partial charge is 0.391 e. The SMILES string of the molecule is C[C@H](O)[C@H](NC(=O)c1ccc(C#Cc2ccc(-c3ccnn3C)nc2)cc1)C(=O)CO. The summed E-state index contributed by atoms with van der Waals surface area (Å²) in [6.07, 6.45) is 2.28. The molecule has 0 radical (unpaired) electrons. The molecule has 0 spiro atoms. The lowest BCUT2D eigenvalue weighted by Crippen LogP contribution is -2.48. The Hall–Kier alpha value is -3.80. The number of hydrogen-bond donors (Lipinski definition) is 3. The third kappa shape index (κ3) is 5.42. The maximum atomic E-state index is 12.3. The highest BCUT2D eigenvalue weighted by molar-refractivity contribution is 5.98. The first-order valence-electron chi connectivity index (χ1n) is 9.58. The number of nitrogens with one attached hydrogen (secondary N) is 1. The van der Waals surface area contributed by atoms with Crippen molar-refractivity contribution in [3.8, 4) is 23.2 Å². The van der Waals surface area contributed by atoms with Gasteiger partial charge in [0.05, 0.1) is 17.5 Å². The normalized spacial score (nSPS) is 12.4. The van der Waals surface area contributed by atoms with E-state index in [1.54, 1.807) is 41.3 Å². The number of benzene rings is 1. The molecule has 0 aliphatic rings. The van der Waals surface area contributed by atoms with Crippen molar-refractivity contribution in [2.75, 3.05) is 6.61 Å². The van der Waals surface area contributed by atoms with Crippen LogP contribution in [0.2, 0.25) is 0 Å². The van der Waals surface area contributed by atoms with Crippen LogP contribution in [0.4, 0.5) is 0 Å². The van der Waals surface area contributed by atoms with E-state index in [1.807, 2.05) is 25.2 Å². The number of ketones is 1. The van der Waals surface area contributed by atoms with Gasteiger partial charge in [-0.2, -0.15) is 5.10 Å². The number of aromatic nitrogens is 3. The fourth-order valence-electron chi connectivity index (χ4n) is 2.89. The van der Waals surface area contributed by atoms with E-state index in [4.69, 9.17) is 5.11 Å². The molecule has 0 aliphatic heterocycles. The van der Waals surface area contributed by atoms with E-state index in [9.17, 15) is 14.7 Å². The summed E-state index contributed by atoms with van der Waals surface area (Å²) >= 11 is 0. The number of aliphatic hydroxyl groups excluding tert-OH is 2. The molecule has 3 N–H and O–H groups in total. The summed E-state index contributed by atoms with van der Waals surface area (Å²) in [6.45, 7) is 0.609. The monoisotopic (exact) mass is 418 g/mol. The number of Topliss-reactive ketones (excluding diaryl/α,β-unsaturated/α-hetero) is 1. The van der Waals surface area contributed by atoms with Crippen LogP contribution in [0.5, 0.6) is 0 Å². The van der Waals surface area contributed by atoms with Gasteiger partial charge in [-0.1, -0.05) is 11.8 Å². The van der Waals surface area contributed by atoms with Crippen LogP contribution in [0.25, 0.3) is 11.4 Å². The quantitative estimate of drug-likeness (QED) is 0.513. The number of nitrogens with zero attached hydrogens (tertiary/aromatic N) is 3. The summed E-state index contributed by atoms with van der Waals surface area (Å²) in [5, 5.41) is 25.2. The average molecular weight is 418 g/mol. The van der Waals surface area contributed by atoms with E-state index in [0.717, 1.165) is 17.0 Å². The number of carbonyl (C=O) groups is 2. The molecule has 0 fully saturated rings. The van der Waals surface area contributed by atoms with Crippen molar-refractivity contribution < 1.29 is 19.8 Å². The molecule has 158 valence electrons. The van der Waals surface area contributed by atoms with Crippen molar-refractivity contribution in [1.29, 1.82) is 0 Å². The summed E-state index contributed by atoms with van der Waals surface area (Å²) in [5.74, 6) is 4.85. The molecular weight excluding hydrogens is 396 g/mol. The van der Waals surface area contributed by atoms with Crippen LogP contribution < -0.4 is 5.32 Å². The Balaban J connectivity index is 1.67. The molecule has 0 unspecified atom stereocenters. The molecule has 1 aromatic carbocycles. The van der Waals surface area contributed by atoms with Gasteiger partial charge in [-0.05, 0) is 49.4 Å². The number of aryl methyl sites for hydroxylation is 1. The standard InChI is InChI=1S/C23H22N4O4/c1-15(29)22(21(30)14-28)26-23(31)18-8-5-16(6-9-18)3-4-17-7-10-19(24-13-17)20-11-12-25-27(20)2/h5-13,15,22,28-29H,14H2,1-2H3,(H,26,31)/t15-,22-/m0/s1. The Labute approximate surface area is 179 Å². The number of amides is 1. The van der Waals surface area contributed by atoms with Crippen molar-refractivity contribution in [2.24, 2.45) is 7.05 Å². The predicted molar refractivity (Wildman–Crippen MR) is 114 cm³/mol. The Morgan fingerprint density at radius 3 is 2.32 bits per heavy atom. The predicted octanol–water partition coefficient (Wildman–Crippen LogP) is 0.923. The fourth-order valence-corrected chi connectivity index (χ4v) is 2.89. The van der Waals surface area contributed by atoms with Crippen LogP contribution in [-0.2, 0) is 11.8 Å². The molecule has 2 aromatic heterocycles. The molecule has 2 atom stereocenters. The minimum absolute atomic E-state index is 0.309. The van der Waals surface area contributed by atoms with Gasteiger partial charge in [0.2, 0.25) is 0 Å². The van der Waals surface area contributed by atoms with E-state index in [2.05, 4.69) is 27.2 Å². The van der Waals surface area contributed by atoms with Crippen molar-refractivity contribution in [2.45, 2.75) is 19.1 Å². The van der Waals surface area contributed by atoms with Crippen LogP contribution in [-0.4, -0.2) is 55.4 Å². The zero-order valence-electron chi connectivity index (χ0n) is 17.1. The lowest BCUT2D eigenvalue weighted by atomic mass is 10.1. The van der Waals surface area contributed by atoms with Crippen LogP contribution in [0.15, 0.2) is 54.9 Å². The average Bonchev–Trinajstić information content (AvgIpc) is 3.21. The van der Waals surface area contributed by atoms with Gasteiger partial charge in [-0.3, -0.25) is 19.3 Å². The van der Waals surface area contributed by atoms with E-state index < -0.39 is 30.4 Å². The van der Waals surface area contributed by atoms with Crippen molar-refractivity contribution >= 4 is 11.7 Å². The highest BCUT2D eigenvalue weighted by Gasteiger charge is 2.25. The smallest absolute Gasteiger partial charge is 0.251 e. The highest BCUT2D eigenvalue weighted by Crippen LogP contribution is 2.15. The molecule has 0 saturated heterocycles. The van der Waals surface area contributed by atoms with Crippen LogP contribution >= 0.6 is 0 Å². The van der Waals surface area contributed by atoms with Gasteiger partial charge < -0.3 is 15.5 Å². The molecule has 3 aromatic rings. The summed E-state index contributed by atoms with van der Waals surface area (Å²) < 4.78 is 1.74. The molecular formula is C23H22N4O4. The number of pyridine rings is 1. The van der Waals surface area contributed by atoms with Gasteiger partial charge in [0, 0.05) is 36.1 Å². The van der Waals surface area contributed by atoms with E-state index >= 15 is 0 Å². The van der Waals surface area contributed by atoms with Crippen LogP contribution in [0, 0.1) is 11.8 Å². The molecule has 0 saturated carbocycles. The van der Waals surface area contributed by atoms with E-state index in [-0.39, 0.29) is 0 Å². The first-order valence-corrected chi connectivity index (χ1v) is 9.58. The number of hydrogen-bond acceptors (Lipinski definition) is 6. The van der Waals surface area contributed by atoms with Gasteiger partial charge in [0.25, 0.3) is 5.91 Å². The molecule has 31 heavy (non-hydrogen) atoms. The molecule has 8 heteroatoms. The second kappa shape index (κ2) is 9.80. The summed E-state index contributed by atoms with van der Waals surface area (Å²) in [7, 11) is 1.85.